The van der Waals surface area contributed by atoms with E-state index in [-0.39, 0.29) is 29.1 Å². The highest BCUT2D eigenvalue weighted by molar-refractivity contribution is 7.99. The average Bonchev–Trinajstić information content (AvgIpc) is 2.56. The maximum absolute atomic E-state index is 13.8. The number of carbonyl (C=O) groups is 1. The van der Waals surface area contributed by atoms with E-state index in [9.17, 15) is 9.18 Å². The van der Waals surface area contributed by atoms with Gasteiger partial charge in [-0.3, -0.25) is 4.79 Å². The molecule has 3 nitrogen and oxygen atoms in total. The molecule has 1 atom stereocenters. The van der Waals surface area contributed by atoms with Crippen molar-refractivity contribution in [3.63, 3.8) is 0 Å². The topological polar surface area (TPSA) is 38.3 Å². The lowest BCUT2D eigenvalue weighted by Gasteiger charge is -2.38. The van der Waals surface area contributed by atoms with Crippen LogP contribution in [0.15, 0.2) is 36.4 Å². The number of carbonyl (C=O) groups excluding carboxylic acids is 1. The predicted molar refractivity (Wildman–Crippen MR) is 109 cm³/mol. The van der Waals surface area contributed by atoms with Gasteiger partial charge in [-0.2, -0.15) is 0 Å². The first kappa shape index (κ1) is 20.0. The maximum atomic E-state index is 13.8. The Morgan fingerprint density at radius 1 is 1.37 bits per heavy atom. The van der Waals surface area contributed by atoms with Gasteiger partial charge in [0.2, 0.25) is 5.91 Å². The molecular weight excluding hydrogens is 385 g/mol. The molecule has 0 saturated heterocycles. The third kappa shape index (κ3) is 4.96. The molecule has 0 radical (unpaired) electrons. The molecule has 0 aromatic heterocycles. The van der Waals surface area contributed by atoms with Crippen LogP contribution in [0.1, 0.15) is 43.0 Å². The molecule has 1 N–H and O–H groups in total. The molecule has 6 heteroatoms. The Morgan fingerprint density at radius 3 is 2.89 bits per heavy atom. The molecule has 3 rings (SSSR count). The van der Waals surface area contributed by atoms with Gasteiger partial charge >= 0.3 is 0 Å². The van der Waals surface area contributed by atoms with E-state index in [1.165, 1.54) is 17.8 Å². The number of amides is 1. The first-order valence-electron chi connectivity index (χ1n) is 8.85. The predicted octanol–water partition coefficient (Wildman–Crippen LogP) is 5.44. The highest BCUT2D eigenvalue weighted by atomic mass is 35.5. The van der Waals surface area contributed by atoms with Crippen LogP contribution < -0.4 is 10.1 Å². The van der Waals surface area contributed by atoms with Crippen LogP contribution in [0.5, 0.6) is 5.75 Å². The van der Waals surface area contributed by atoms with E-state index in [0.717, 1.165) is 16.9 Å². The van der Waals surface area contributed by atoms with Crippen molar-refractivity contribution in [2.24, 2.45) is 0 Å². The molecule has 1 heterocycles. The molecule has 0 saturated carbocycles. The van der Waals surface area contributed by atoms with Crippen molar-refractivity contribution >= 4 is 29.3 Å². The second-order valence-corrected chi connectivity index (χ2v) is 8.81. The molecule has 1 aliphatic rings. The zero-order chi connectivity index (χ0) is 19.6. The Bertz CT molecular complexity index is 836. The number of hydrogen-bond acceptors (Lipinski definition) is 3. The Balaban J connectivity index is 1.62. The summed E-state index contributed by atoms with van der Waals surface area (Å²) in [6, 6.07) is 10.5. The molecule has 0 fully saturated rings. The summed E-state index contributed by atoms with van der Waals surface area (Å²) in [6.07, 6.45) is 0.693. The summed E-state index contributed by atoms with van der Waals surface area (Å²) in [5.74, 6) is 0.993. The van der Waals surface area contributed by atoms with Crippen molar-refractivity contribution in [3.05, 3.63) is 63.9 Å². The van der Waals surface area contributed by atoms with E-state index in [1.807, 2.05) is 39.0 Å². The van der Waals surface area contributed by atoms with Gasteiger partial charge in [-0.15, -0.1) is 11.8 Å². The number of aryl methyl sites for hydroxylation is 1. The zero-order valence-corrected chi connectivity index (χ0v) is 17.2. The van der Waals surface area contributed by atoms with Crippen LogP contribution in [0.3, 0.4) is 0 Å². The fourth-order valence-corrected chi connectivity index (χ4v) is 4.42. The molecule has 1 aliphatic heterocycles. The summed E-state index contributed by atoms with van der Waals surface area (Å²) >= 11 is 7.38. The fourth-order valence-electron chi connectivity index (χ4n) is 3.24. The minimum Gasteiger partial charge on any atom is -0.487 e. The van der Waals surface area contributed by atoms with Gasteiger partial charge in [0.05, 0.1) is 11.8 Å². The van der Waals surface area contributed by atoms with Crippen LogP contribution in [0.25, 0.3) is 0 Å². The lowest BCUT2D eigenvalue weighted by molar-refractivity contribution is -0.119. The Labute approximate surface area is 168 Å². The van der Waals surface area contributed by atoms with Gasteiger partial charge in [0.25, 0.3) is 0 Å². The van der Waals surface area contributed by atoms with Crippen molar-refractivity contribution in [2.45, 2.75) is 44.6 Å². The second-order valence-electron chi connectivity index (χ2n) is 7.42. The number of halogens is 2. The van der Waals surface area contributed by atoms with E-state index in [1.54, 1.807) is 12.1 Å². The van der Waals surface area contributed by atoms with E-state index in [4.69, 9.17) is 16.3 Å². The van der Waals surface area contributed by atoms with Gasteiger partial charge in [-0.05, 0) is 44.5 Å². The van der Waals surface area contributed by atoms with Crippen LogP contribution in [-0.2, 0) is 10.5 Å². The molecule has 1 amide bonds. The summed E-state index contributed by atoms with van der Waals surface area (Å²) in [7, 11) is 0. The van der Waals surface area contributed by atoms with Crippen LogP contribution in [-0.4, -0.2) is 17.3 Å². The second kappa shape index (κ2) is 8.11. The van der Waals surface area contributed by atoms with Gasteiger partial charge in [-0.25, -0.2) is 4.39 Å². The SMILES string of the molecule is Cc1ccc2c(c1)OC(C)(C)C[C@@H]2NC(=O)CSCc1c(F)cccc1Cl. The van der Waals surface area contributed by atoms with E-state index in [2.05, 4.69) is 5.32 Å². The number of hydrogen-bond donors (Lipinski definition) is 1. The molecule has 2 aromatic carbocycles. The van der Waals surface area contributed by atoms with Gasteiger partial charge in [0, 0.05) is 28.3 Å². The molecule has 0 unspecified atom stereocenters. The molecular formula is C21H23ClFNO2S. The maximum Gasteiger partial charge on any atom is 0.230 e. The van der Waals surface area contributed by atoms with Crippen LogP contribution in [0.4, 0.5) is 4.39 Å². The molecule has 2 aromatic rings. The monoisotopic (exact) mass is 407 g/mol. The Morgan fingerprint density at radius 2 is 2.15 bits per heavy atom. The average molecular weight is 408 g/mol. The number of thioether (sulfide) groups is 1. The summed E-state index contributed by atoms with van der Waals surface area (Å²) in [5, 5.41) is 3.49. The van der Waals surface area contributed by atoms with Crippen molar-refractivity contribution < 1.29 is 13.9 Å². The van der Waals surface area contributed by atoms with Crippen LogP contribution in [0, 0.1) is 12.7 Å². The van der Waals surface area contributed by atoms with Crippen molar-refractivity contribution in [2.75, 3.05) is 5.75 Å². The first-order valence-corrected chi connectivity index (χ1v) is 10.4. The zero-order valence-electron chi connectivity index (χ0n) is 15.6. The van der Waals surface area contributed by atoms with Crippen molar-refractivity contribution in [1.29, 1.82) is 0 Å². The smallest absolute Gasteiger partial charge is 0.230 e. The first-order chi connectivity index (χ1) is 12.7. The van der Waals surface area contributed by atoms with Crippen LogP contribution in [0.2, 0.25) is 5.02 Å². The summed E-state index contributed by atoms with van der Waals surface area (Å²) in [4.78, 5) is 12.5. The Hall–Kier alpha value is -1.72. The van der Waals surface area contributed by atoms with Crippen molar-refractivity contribution in [3.8, 4) is 5.75 Å². The van der Waals surface area contributed by atoms with Gasteiger partial charge in [0.15, 0.2) is 0 Å². The third-order valence-corrected chi connectivity index (χ3v) is 5.82. The highest BCUT2D eigenvalue weighted by Crippen LogP contribution is 2.40. The van der Waals surface area contributed by atoms with Crippen molar-refractivity contribution in [1.82, 2.24) is 5.32 Å². The number of benzene rings is 2. The molecule has 27 heavy (non-hydrogen) atoms. The molecule has 144 valence electrons. The van der Waals surface area contributed by atoms with E-state index < -0.39 is 0 Å². The number of ether oxygens (including phenoxy) is 1. The molecule has 0 aliphatic carbocycles. The minimum atomic E-state index is -0.355. The number of nitrogens with one attached hydrogen (secondary N) is 1. The summed E-state index contributed by atoms with van der Waals surface area (Å²) < 4.78 is 19.9. The van der Waals surface area contributed by atoms with Crippen LogP contribution >= 0.6 is 23.4 Å². The molecule has 0 bridgehead atoms. The standard InChI is InChI=1S/C21H23ClFNO2S/c1-13-7-8-14-18(10-21(2,3)26-19(14)9-13)24-20(25)12-27-11-15-16(22)5-4-6-17(15)23/h4-9,18H,10-12H2,1-3H3,(H,24,25)/t18-/m0/s1. The largest absolute Gasteiger partial charge is 0.487 e. The number of fused-ring (bicyclic) bond motifs is 1. The van der Waals surface area contributed by atoms with E-state index in [0.29, 0.717) is 22.8 Å². The normalized spacial score (nSPS) is 17.7. The lowest BCUT2D eigenvalue weighted by Crippen LogP contribution is -2.41. The molecule has 0 spiro atoms. The minimum absolute atomic E-state index is 0.0818. The quantitative estimate of drug-likeness (QED) is 0.717. The van der Waals surface area contributed by atoms with Gasteiger partial charge in [0.1, 0.15) is 17.2 Å². The summed E-state index contributed by atoms with van der Waals surface area (Å²) in [5.41, 5.74) is 2.20. The van der Waals surface area contributed by atoms with E-state index >= 15 is 0 Å². The summed E-state index contributed by atoms with van der Waals surface area (Å²) in [6.45, 7) is 6.06. The van der Waals surface area contributed by atoms with Gasteiger partial charge < -0.3 is 10.1 Å². The fraction of sp³-hybridized carbons (Fsp3) is 0.381. The number of rotatable bonds is 5. The Kier molecular flexibility index (Phi) is 6.02. The van der Waals surface area contributed by atoms with Gasteiger partial charge in [-0.1, -0.05) is 29.8 Å². The third-order valence-electron chi connectivity index (χ3n) is 4.50. The highest BCUT2D eigenvalue weighted by Gasteiger charge is 2.34. The lowest BCUT2D eigenvalue weighted by atomic mass is 9.89.